The summed E-state index contributed by atoms with van der Waals surface area (Å²) in [4.78, 5) is 16.5. The van der Waals surface area contributed by atoms with Crippen molar-refractivity contribution in [2.24, 2.45) is 5.92 Å². The highest BCUT2D eigenvalue weighted by molar-refractivity contribution is 7.98. The minimum Gasteiger partial charge on any atom is -0.383 e. The lowest BCUT2D eigenvalue weighted by atomic mass is 9.97. The second-order valence-corrected chi connectivity index (χ2v) is 9.65. The van der Waals surface area contributed by atoms with Crippen LogP contribution >= 0.6 is 23.1 Å². The molecule has 0 amide bonds. The van der Waals surface area contributed by atoms with Crippen molar-refractivity contribution in [2.45, 2.75) is 68.7 Å². The first-order valence-corrected chi connectivity index (χ1v) is 11.7. The maximum atomic E-state index is 6.30. The topological polar surface area (TPSA) is 93.4 Å². The summed E-state index contributed by atoms with van der Waals surface area (Å²) in [6.07, 6.45) is 11.1. The number of thiophene rings is 1. The van der Waals surface area contributed by atoms with Gasteiger partial charge in [-0.1, -0.05) is 37.4 Å². The molecule has 0 atom stereocenters. The maximum Gasteiger partial charge on any atom is 0.208 e. The first kappa shape index (κ1) is 17.4. The highest BCUT2D eigenvalue weighted by Crippen LogP contribution is 2.38. The normalized spacial score (nSPS) is 17.6. The van der Waals surface area contributed by atoms with E-state index in [-0.39, 0.29) is 0 Å². The molecule has 27 heavy (non-hydrogen) atoms. The Hall–Kier alpha value is -1.67. The van der Waals surface area contributed by atoms with Crippen LogP contribution in [0.15, 0.2) is 5.16 Å². The van der Waals surface area contributed by atoms with E-state index in [1.165, 1.54) is 49.0 Å². The van der Waals surface area contributed by atoms with Crippen molar-refractivity contribution < 1.29 is 0 Å². The van der Waals surface area contributed by atoms with E-state index in [1.54, 1.807) is 23.1 Å². The Balaban J connectivity index is 1.29. The zero-order chi connectivity index (χ0) is 18.2. The molecule has 2 aliphatic rings. The van der Waals surface area contributed by atoms with Crippen LogP contribution < -0.4 is 5.73 Å². The molecule has 142 valence electrons. The average Bonchev–Trinajstić information content (AvgIpc) is 3.39. The summed E-state index contributed by atoms with van der Waals surface area (Å²) < 4.78 is 0. The lowest BCUT2D eigenvalue weighted by Crippen LogP contribution is -2.02. The van der Waals surface area contributed by atoms with Crippen molar-refractivity contribution in [1.82, 2.24) is 25.1 Å². The highest BCUT2D eigenvalue weighted by atomic mass is 32.2. The van der Waals surface area contributed by atoms with Crippen LogP contribution in [0.25, 0.3) is 10.2 Å². The number of aryl methyl sites for hydroxylation is 2. The van der Waals surface area contributed by atoms with Crippen LogP contribution in [0.4, 0.5) is 5.82 Å². The number of H-pyrrole nitrogens is 1. The van der Waals surface area contributed by atoms with Gasteiger partial charge in [0.1, 0.15) is 22.3 Å². The van der Waals surface area contributed by atoms with Gasteiger partial charge in [-0.2, -0.15) is 0 Å². The lowest BCUT2D eigenvalue weighted by molar-refractivity contribution is 0.531. The monoisotopic (exact) mass is 400 g/mol. The molecule has 2 aliphatic carbocycles. The Bertz CT molecular complexity index is 957. The Kier molecular flexibility index (Phi) is 4.77. The number of aromatic nitrogens is 5. The van der Waals surface area contributed by atoms with Crippen molar-refractivity contribution in [3.05, 3.63) is 22.1 Å². The van der Waals surface area contributed by atoms with Gasteiger partial charge in [0, 0.05) is 11.3 Å². The molecule has 1 saturated carbocycles. The van der Waals surface area contributed by atoms with Gasteiger partial charge in [-0.3, -0.25) is 5.10 Å². The first-order valence-electron chi connectivity index (χ1n) is 9.87. The summed E-state index contributed by atoms with van der Waals surface area (Å²) in [6.45, 7) is 0. The van der Waals surface area contributed by atoms with Crippen LogP contribution in [0.2, 0.25) is 0 Å². The Morgan fingerprint density at radius 2 is 1.93 bits per heavy atom. The molecule has 5 rings (SSSR count). The molecule has 0 saturated heterocycles. The Morgan fingerprint density at radius 3 is 2.81 bits per heavy atom. The van der Waals surface area contributed by atoms with Gasteiger partial charge in [0.05, 0.1) is 11.1 Å². The molecule has 6 nitrogen and oxygen atoms in total. The molecule has 1 fully saturated rings. The van der Waals surface area contributed by atoms with Crippen molar-refractivity contribution in [3.8, 4) is 0 Å². The number of fused-ring (bicyclic) bond motifs is 3. The summed E-state index contributed by atoms with van der Waals surface area (Å²) >= 11 is 3.37. The number of nitrogens with one attached hydrogen (secondary N) is 1. The third kappa shape index (κ3) is 3.57. The fourth-order valence-electron chi connectivity index (χ4n) is 4.35. The molecule has 0 aliphatic heterocycles. The molecule has 8 heteroatoms. The molecular weight excluding hydrogens is 376 g/mol. The number of nitrogens with zero attached hydrogens (tertiary/aromatic N) is 4. The third-order valence-electron chi connectivity index (χ3n) is 5.69. The van der Waals surface area contributed by atoms with Crippen LogP contribution in [0.5, 0.6) is 0 Å². The maximum absolute atomic E-state index is 6.30. The van der Waals surface area contributed by atoms with Gasteiger partial charge >= 0.3 is 0 Å². The average molecular weight is 401 g/mol. The van der Waals surface area contributed by atoms with Gasteiger partial charge < -0.3 is 5.73 Å². The predicted octanol–water partition coefficient (Wildman–Crippen LogP) is 4.30. The van der Waals surface area contributed by atoms with Crippen LogP contribution in [0.3, 0.4) is 0 Å². The third-order valence-corrected chi connectivity index (χ3v) is 7.72. The van der Waals surface area contributed by atoms with Gasteiger partial charge in [-0.15, -0.1) is 16.4 Å². The number of aromatic amines is 1. The summed E-state index contributed by atoms with van der Waals surface area (Å²) in [7, 11) is 0. The molecule has 0 spiro atoms. The van der Waals surface area contributed by atoms with Crippen LogP contribution in [0, 0.1) is 5.92 Å². The number of nitrogen functional groups attached to an aromatic ring is 1. The zero-order valence-electron chi connectivity index (χ0n) is 15.3. The van der Waals surface area contributed by atoms with Gasteiger partial charge in [-0.05, 0) is 37.2 Å². The second kappa shape index (κ2) is 7.39. The molecule has 3 aromatic heterocycles. The molecule has 3 heterocycles. The van der Waals surface area contributed by atoms with Crippen LogP contribution in [0.1, 0.15) is 60.6 Å². The van der Waals surface area contributed by atoms with E-state index >= 15 is 0 Å². The number of anilines is 1. The predicted molar refractivity (Wildman–Crippen MR) is 110 cm³/mol. The minimum absolute atomic E-state index is 0.631. The molecular formula is C19H24N6S2. The van der Waals surface area contributed by atoms with E-state index in [9.17, 15) is 0 Å². The molecule has 0 bridgehead atoms. The van der Waals surface area contributed by atoms with E-state index < -0.39 is 0 Å². The smallest absolute Gasteiger partial charge is 0.208 e. The quantitative estimate of drug-likeness (QED) is 0.620. The van der Waals surface area contributed by atoms with Crippen molar-refractivity contribution >= 4 is 39.1 Å². The number of nitrogens with two attached hydrogens (primary N) is 1. The van der Waals surface area contributed by atoms with Gasteiger partial charge in [0.25, 0.3) is 0 Å². The summed E-state index contributed by atoms with van der Waals surface area (Å²) in [5.41, 5.74) is 7.69. The SMILES string of the molecule is Nc1nc(CSc2n[nH]c(CC3CCCC3)n2)nc2sc3c(c12)CCCC3. The van der Waals surface area contributed by atoms with Crippen LogP contribution in [-0.2, 0) is 25.0 Å². The minimum atomic E-state index is 0.631. The largest absolute Gasteiger partial charge is 0.383 e. The van der Waals surface area contributed by atoms with E-state index in [0.29, 0.717) is 11.6 Å². The number of hydrogen-bond donors (Lipinski definition) is 2. The summed E-state index contributed by atoms with van der Waals surface area (Å²) in [5, 5.41) is 9.32. The van der Waals surface area contributed by atoms with E-state index in [4.69, 9.17) is 10.7 Å². The highest BCUT2D eigenvalue weighted by Gasteiger charge is 2.21. The summed E-state index contributed by atoms with van der Waals surface area (Å²) in [6, 6.07) is 0. The van der Waals surface area contributed by atoms with Crippen molar-refractivity contribution in [2.75, 3.05) is 5.73 Å². The molecule has 0 unspecified atom stereocenters. The summed E-state index contributed by atoms with van der Waals surface area (Å²) in [5.74, 6) is 3.82. The molecule has 0 aromatic carbocycles. The second-order valence-electron chi connectivity index (χ2n) is 7.62. The van der Waals surface area contributed by atoms with Crippen molar-refractivity contribution in [3.63, 3.8) is 0 Å². The van der Waals surface area contributed by atoms with Gasteiger partial charge in [0.2, 0.25) is 5.16 Å². The Labute approximate surface area is 166 Å². The first-order chi connectivity index (χ1) is 13.3. The lowest BCUT2D eigenvalue weighted by Gasteiger charge is -2.10. The van der Waals surface area contributed by atoms with E-state index in [1.807, 2.05) is 0 Å². The van der Waals surface area contributed by atoms with Crippen molar-refractivity contribution in [1.29, 1.82) is 0 Å². The fourth-order valence-corrected chi connectivity index (χ4v) is 6.31. The van der Waals surface area contributed by atoms with Gasteiger partial charge in [0.15, 0.2) is 0 Å². The molecule has 3 N–H and O–H groups in total. The number of rotatable bonds is 5. The number of hydrogen-bond acceptors (Lipinski definition) is 7. The standard InChI is InChI=1S/C19H24N6S2/c20-17-16-12-7-3-4-8-13(12)27-18(16)22-15(21-17)10-26-19-23-14(24-25-19)9-11-5-1-2-6-11/h11H,1-10H2,(H2,20,21,22)(H,23,24,25). The van der Waals surface area contributed by atoms with Crippen LogP contribution in [-0.4, -0.2) is 25.1 Å². The van der Waals surface area contributed by atoms with Gasteiger partial charge in [-0.25, -0.2) is 15.0 Å². The molecule has 0 radical (unpaired) electrons. The molecule has 3 aromatic rings. The number of thioether (sulfide) groups is 1. The van der Waals surface area contributed by atoms with E-state index in [0.717, 1.165) is 52.2 Å². The zero-order valence-corrected chi connectivity index (χ0v) is 17.0. The Morgan fingerprint density at radius 1 is 1.07 bits per heavy atom. The van der Waals surface area contributed by atoms with E-state index in [2.05, 4.69) is 20.2 Å². The fraction of sp³-hybridized carbons (Fsp3) is 0.579.